The van der Waals surface area contributed by atoms with Crippen LogP contribution in [0, 0.1) is 0 Å². The first-order chi connectivity index (χ1) is 9.70. The molecule has 0 bridgehead atoms. The second-order valence-electron chi connectivity index (χ2n) is 4.29. The van der Waals surface area contributed by atoms with Crippen LogP contribution in [0.2, 0.25) is 0 Å². The Bertz CT molecular complexity index is 552. The molecule has 0 radical (unpaired) electrons. The molecule has 2 rings (SSSR count). The molecule has 3 nitrogen and oxygen atoms in total. The van der Waals surface area contributed by atoms with Crippen molar-refractivity contribution in [3.05, 3.63) is 60.2 Å². The Balaban J connectivity index is 2.04. The van der Waals surface area contributed by atoms with E-state index in [2.05, 4.69) is 0 Å². The number of hydrogen-bond acceptors (Lipinski definition) is 3. The zero-order valence-electron chi connectivity index (χ0n) is 11.2. The molecule has 104 valence electrons. The van der Waals surface area contributed by atoms with Gasteiger partial charge in [0, 0.05) is 4.90 Å². The van der Waals surface area contributed by atoms with Crippen molar-refractivity contribution >= 4 is 17.7 Å². The number of carboxylic acid groups (broad SMARTS) is 1. The van der Waals surface area contributed by atoms with Gasteiger partial charge >= 0.3 is 5.97 Å². The van der Waals surface area contributed by atoms with Crippen molar-refractivity contribution in [3.8, 4) is 5.75 Å². The third-order valence-corrected chi connectivity index (χ3v) is 3.72. The largest absolute Gasteiger partial charge is 0.492 e. The molecule has 0 amide bonds. The van der Waals surface area contributed by atoms with Crippen LogP contribution in [-0.4, -0.2) is 23.9 Å². The molecule has 0 saturated carbocycles. The first-order valence-corrected chi connectivity index (χ1v) is 7.48. The van der Waals surface area contributed by atoms with Crippen LogP contribution in [0.25, 0.3) is 0 Å². The SMILES string of the molecule is CSc1ccc(OCC(C(=O)O)c2ccccc2)cc1. The predicted molar refractivity (Wildman–Crippen MR) is 80.5 cm³/mol. The molecule has 0 heterocycles. The summed E-state index contributed by atoms with van der Waals surface area (Å²) in [5, 5.41) is 9.30. The highest BCUT2D eigenvalue weighted by molar-refractivity contribution is 7.98. The van der Waals surface area contributed by atoms with Crippen molar-refractivity contribution < 1.29 is 14.6 Å². The van der Waals surface area contributed by atoms with Crippen LogP contribution in [0.5, 0.6) is 5.75 Å². The summed E-state index contributed by atoms with van der Waals surface area (Å²) in [5.74, 6) is -0.849. The molecular formula is C16H16O3S. The highest BCUT2D eigenvalue weighted by Gasteiger charge is 2.20. The third-order valence-electron chi connectivity index (χ3n) is 2.98. The Morgan fingerprint density at radius 1 is 1.15 bits per heavy atom. The molecule has 1 unspecified atom stereocenters. The maximum Gasteiger partial charge on any atom is 0.314 e. The van der Waals surface area contributed by atoms with Gasteiger partial charge in [0.25, 0.3) is 0 Å². The summed E-state index contributed by atoms with van der Waals surface area (Å²) >= 11 is 1.65. The molecule has 0 fully saturated rings. The van der Waals surface area contributed by atoms with E-state index < -0.39 is 11.9 Å². The Labute approximate surface area is 122 Å². The van der Waals surface area contributed by atoms with Gasteiger partial charge in [-0.1, -0.05) is 30.3 Å². The Morgan fingerprint density at radius 3 is 2.35 bits per heavy atom. The van der Waals surface area contributed by atoms with Gasteiger partial charge in [0.05, 0.1) is 0 Å². The average Bonchev–Trinajstić information content (AvgIpc) is 2.49. The van der Waals surface area contributed by atoms with E-state index in [1.165, 1.54) is 0 Å². The lowest BCUT2D eigenvalue weighted by atomic mass is 10.0. The minimum atomic E-state index is -0.878. The van der Waals surface area contributed by atoms with Crippen molar-refractivity contribution in [2.45, 2.75) is 10.8 Å². The maximum absolute atomic E-state index is 11.3. The summed E-state index contributed by atoms with van der Waals surface area (Å²) in [6, 6.07) is 16.8. The number of hydrogen-bond donors (Lipinski definition) is 1. The fraction of sp³-hybridized carbons (Fsp3) is 0.188. The van der Waals surface area contributed by atoms with Gasteiger partial charge in [-0.15, -0.1) is 11.8 Å². The Morgan fingerprint density at radius 2 is 1.80 bits per heavy atom. The number of thioether (sulfide) groups is 1. The number of rotatable bonds is 6. The molecule has 1 N–H and O–H groups in total. The third kappa shape index (κ3) is 3.78. The lowest BCUT2D eigenvalue weighted by Gasteiger charge is -2.14. The van der Waals surface area contributed by atoms with Gasteiger partial charge in [-0.25, -0.2) is 0 Å². The Hall–Kier alpha value is -1.94. The van der Waals surface area contributed by atoms with E-state index in [0.29, 0.717) is 5.75 Å². The van der Waals surface area contributed by atoms with Crippen LogP contribution in [0.3, 0.4) is 0 Å². The van der Waals surface area contributed by atoms with Crippen LogP contribution in [0.15, 0.2) is 59.5 Å². The molecule has 0 saturated heterocycles. The molecule has 4 heteroatoms. The van der Waals surface area contributed by atoms with Gasteiger partial charge in [-0.2, -0.15) is 0 Å². The average molecular weight is 288 g/mol. The first kappa shape index (κ1) is 14.5. The number of benzene rings is 2. The van der Waals surface area contributed by atoms with E-state index in [1.54, 1.807) is 23.9 Å². The van der Waals surface area contributed by atoms with Gasteiger partial charge in [0.1, 0.15) is 18.3 Å². The minimum absolute atomic E-state index is 0.123. The quantitative estimate of drug-likeness (QED) is 0.824. The van der Waals surface area contributed by atoms with E-state index in [0.717, 1.165) is 10.5 Å². The van der Waals surface area contributed by atoms with Gasteiger partial charge in [-0.05, 0) is 36.1 Å². The number of carbonyl (C=O) groups is 1. The fourth-order valence-electron chi connectivity index (χ4n) is 1.85. The van der Waals surface area contributed by atoms with Crippen LogP contribution >= 0.6 is 11.8 Å². The smallest absolute Gasteiger partial charge is 0.314 e. The number of carboxylic acids is 1. The van der Waals surface area contributed by atoms with Crippen LogP contribution in [0.1, 0.15) is 11.5 Å². The second kappa shape index (κ2) is 7.01. The highest BCUT2D eigenvalue weighted by atomic mass is 32.2. The summed E-state index contributed by atoms with van der Waals surface area (Å²) < 4.78 is 5.59. The molecule has 1 atom stereocenters. The first-order valence-electron chi connectivity index (χ1n) is 6.25. The number of ether oxygens (including phenoxy) is 1. The molecule has 0 aliphatic carbocycles. The van der Waals surface area contributed by atoms with Crippen molar-refractivity contribution in [2.75, 3.05) is 12.9 Å². The zero-order chi connectivity index (χ0) is 14.4. The topological polar surface area (TPSA) is 46.5 Å². The minimum Gasteiger partial charge on any atom is -0.492 e. The van der Waals surface area contributed by atoms with E-state index >= 15 is 0 Å². The lowest BCUT2D eigenvalue weighted by Crippen LogP contribution is -2.19. The standard InChI is InChI=1S/C16H16O3S/c1-20-14-9-7-13(8-10-14)19-11-15(16(17)18)12-5-3-2-4-6-12/h2-10,15H,11H2,1H3,(H,17,18). The molecule has 2 aromatic carbocycles. The van der Waals surface area contributed by atoms with Gasteiger partial charge in [-0.3, -0.25) is 4.79 Å². The fourth-order valence-corrected chi connectivity index (χ4v) is 2.26. The summed E-state index contributed by atoms with van der Waals surface area (Å²) in [7, 11) is 0. The monoisotopic (exact) mass is 288 g/mol. The molecule has 20 heavy (non-hydrogen) atoms. The molecular weight excluding hydrogens is 272 g/mol. The van der Waals surface area contributed by atoms with Crippen molar-refractivity contribution in [1.82, 2.24) is 0 Å². The van der Waals surface area contributed by atoms with Crippen molar-refractivity contribution in [1.29, 1.82) is 0 Å². The van der Waals surface area contributed by atoms with Gasteiger partial charge in [0.2, 0.25) is 0 Å². The van der Waals surface area contributed by atoms with Crippen LogP contribution in [0.4, 0.5) is 0 Å². The van der Waals surface area contributed by atoms with Crippen molar-refractivity contribution in [2.24, 2.45) is 0 Å². The molecule has 0 aliphatic rings. The summed E-state index contributed by atoms with van der Waals surface area (Å²) in [6.45, 7) is 0.123. The van der Waals surface area contributed by atoms with Crippen LogP contribution < -0.4 is 4.74 Å². The summed E-state index contributed by atoms with van der Waals surface area (Å²) in [5.41, 5.74) is 0.751. The highest BCUT2D eigenvalue weighted by Crippen LogP contribution is 2.21. The van der Waals surface area contributed by atoms with Crippen molar-refractivity contribution in [3.63, 3.8) is 0 Å². The summed E-state index contributed by atoms with van der Waals surface area (Å²) in [4.78, 5) is 12.5. The maximum atomic E-state index is 11.3. The molecule has 0 aliphatic heterocycles. The van der Waals surface area contributed by atoms with E-state index in [9.17, 15) is 9.90 Å². The van der Waals surface area contributed by atoms with Crippen LogP contribution in [-0.2, 0) is 4.79 Å². The van der Waals surface area contributed by atoms with E-state index in [4.69, 9.17) is 4.74 Å². The molecule has 0 spiro atoms. The normalized spacial score (nSPS) is 11.8. The molecule has 0 aromatic heterocycles. The second-order valence-corrected chi connectivity index (χ2v) is 5.17. The van der Waals surface area contributed by atoms with E-state index in [1.807, 2.05) is 48.7 Å². The van der Waals surface area contributed by atoms with Gasteiger partial charge in [0.15, 0.2) is 0 Å². The van der Waals surface area contributed by atoms with E-state index in [-0.39, 0.29) is 6.61 Å². The summed E-state index contributed by atoms with van der Waals surface area (Å²) in [6.07, 6.45) is 2.01. The zero-order valence-corrected chi connectivity index (χ0v) is 12.0. The Kier molecular flexibility index (Phi) is 5.07. The van der Waals surface area contributed by atoms with Gasteiger partial charge < -0.3 is 9.84 Å². The number of aliphatic carboxylic acids is 1. The lowest BCUT2D eigenvalue weighted by molar-refractivity contribution is -0.139. The predicted octanol–water partition coefficient (Wildman–Crippen LogP) is 3.66. The molecule has 2 aromatic rings.